The summed E-state index contributed by atoms with van der Waals surface area (Å²) in [5.41, 5.74) is 9.49. The number of nitrogens with zero attached hydrogens (tertiary/aromatic N) is 3. The van der Waals surface area contributed by atoms with E-state index < -0.39 is 71.1 Å². The van der Waals surface area contributed by atoms with Crippen LogP contribution in [0.4, 0.5) is 4.79 Å². The van der Waals surface area contributed by atoms with Crippen LogP contribution in [0.2, 0.25) is 5.02 Å². The molecule has 6 rings (SSSR count). The highest BCUT2D eigenvalue weighted by atomic mass is 35.5. The standard InChI is InChI=1S/C55H77ClN8O10S/c1-32(34-20-22-36(23-21-34)47-33(2)58-31-75-47)59-50(69)42-28-39(65)29-63(42)52(71)48(54(3,4)5)62-45(67)19-12-9-14-35-15-13-18-43(46(35)56)73-30-37(24-27-44(57)66)60-49(68)41-26-25-38-16-10-11-17-40(51(70)64(38)41)61-53(72)74-55(6,7)8/h13,15,18,20-23,31-32,37-42,48,65H,9-12,14,16-17,19,24-30H2,1-8H3,(H2,57,66)(H,59,69)(H,60,68)(H,61,72)(H,62,67)/t32-,37-,38-,39+,40-,41-,42-,48+/m0/s1. The molecule has 0 bridgehead atoms. The topological polar surface area (TPSA) is 252 Å². The van der Waals surface area contributed by atoms with Crippen LogP contribution in [0.25, 0.3) is 10.4 Å². The fourth-order valence-electron chi connectivity index (χ4n) is 10.1. The fraction of sp³-hybridized carbons (Fsp3) is 0.600. The molecular formula is C55H77ClN8O10S. The van der Waals surface area contributed by atoms with Crippen LogP contribution in [0, 0.1) is 12.3 Å². The number of halogens is 1. The van der Waals surface area contributed by atoms with Gasteiger partial charge in [-0.1, -0.05) is 81.6 Å². The van der Waals surface area contributed by atoms with Gasteiger partial charge in [-0.3, -0.25) is 28.8 Å². The average molecular weight is 1080 g/mol. The molecule has 18 nitrogen and oxygen atoms in total. The summed E-state index contributed by atoms with van der Waals surface area (Å²) in [5.74, 6) is -2.07. The van der Waals surface area contributed by atoms with Gasteiger partial charge in [0.15, 0.2) is 0 Å². The molecule has 2 aromatic carbocycles. The third-order valence-corrected chi connectivity index (χ3v) is 15.5. The van der Waals surface area contributed by atoms with Crippen molar-refractivity contribution >= 4 is 64.5 Å². The monoisotopic (exact) mass is 1080 g/mol. The molecule has 0 saturated carbocycles. The highest BCUT2D eigenvalue weighted by Crippen LogP contribution is 2.34. The van der Waals surface area contributed by atoms with Gasteiger partial charge in [0, 0.05) is 31.8 Å². The van der Waals surface area contributed by atoms with Crippen molar-refractivity contribution in [3.05, 3.63) is 69.8 Å². The first-order valence-corrected chi connectivity index (χ1v) is 27.5. The van der Waals surface area contributed by atoms with Gasteiger partial charge in [0.2, 0.25) is 35.4 Å². The lowest BCUT2D eigenvalue weighted by Crippen LogP contribution is -2.57. The van der Waals surface area contributed by atoms with E-state index in [4.69, 9.17) is 26.8 Å². The number of carbonyl (C=O) groups excluding carboxylic acids is 7. The molecule has 75 heavy (non-hydrogen) atoms. The minimum Gasteiger partial charge on any atom is -0.490 e. The van der Waals surface area contributed by atoms with E-state index in [-0.39, 0.29) is 68.6 Å². The highest BCUT2D eigenvalue weighted by molar-refractivity contribution is 7.13. The Morgan fingerprint density at radius 1 is 0.907 bits per heavy atom. The molecule has 0 spiro atoms. The lowest BCUT2D eigenvalue weighted by Gasteiger charge is -2.35. The van der Waals surface area contributed by atoms with E-state index in [0.29, 0.717) is 49.3 Å². The normalized spacial score (nSPS) is 21.2. The zero-order chi connectivity index (χ0) is 54.8. The van der Waals surface area contributed by atoms with Gasteiger partial charge in [-0.2, -0.15) is 0 Å². The number of hydrogen-bond donors (Lipinski definition) is 6. The largest absolute Gasteiger partial charge is 0.490 e. The van der Waals surface area contributed by atoms with Crippen LogP contribution < -0.4 is 31.7 Å². The maximum Gasteiger partial charge on any atom is 0.408 e. The highest BCUT2D eigenvalue weighted by Gasteiger charge is 2.46. The lowest BCUT2D eigenvalue weighted by atomic mass is 9.85. The van der Waals surface area contributed by atoms with E-state index in [2.05, 4.69) is 26.3 Å². The Balaban J connectivity index is 1.01. The molecule has 8 atom stereocenters. The first-order chi connectivity index (χ1) is 35.4. The number of rotatable bonds is 20. The summed E-state index contributed by atoms with van der Waals surface area (Å²) >= 11 is 8.45. The van der Waals surface area contributed by atoms with Crippen molar-refractivity contribution in [2.24, 2.45) is 11.1 Å². The summed E-state index contributed by atoms with van der Waals surface area (Å²) in [6.07, 6.45) is 4.08. The van der Waals surface area contributed by atoms with E-state index >= 15 is 0 Å². The number of hydrogen-bond acceptors (Lipinski definition) is 12. The van der Waals surface area contributed by atoms with Crippen LogP contribution in [-0.4, -0.2) is 123 Å². The predicted octanol–water partition coefficient (Wildman–Crippen LogP) is 6.81. The predicted molar refractivity (Wildman–Crippen MR) is 286 cm³/mol. The Morgan fingerprint density at radius 2 is 1.61 bits per heavy atom. The number of β-amino-alcohol motifs (C(OH)–C–C–N with tert-alkyl or cyclic N) is 1. The first kappa shape index (κ1) is 58.5. The quantitative estimate of drug-likeness (QED) is 0.0641. The summed E-state index contributed by atoms with van der Waals surface area (Å²) in [7, 11) is 0. The van der Waals surface area contributed by atoms with Crippen LogP contribution in [0.5, 0.6) is 5.75 Å². The number of primary amides is 1. The van der Waals surface area contributed by atoms with E-state index in [1.54, 1.807) is 54.7 Å². The van der Waals surface area contributed by atoms with Crippen LogP contribution in [-0.2, 0) is 39.9 Å². The van der Waals surface area contributed by atoms with E-state index in [0.717, 1.165) is 46.5 Å². The summed E-state index contributed by atoms with van der Waals surface area (Å²) in [6, 6.07) is 8.52. The number of aryl methyl sites for hydroxylation is 2. The van der Waals surface area contributed by atoms with Crippen LogP contribution in [0.1, 0.15) is 148 Å². The van der Waals surface area contributed by atoms with Crippen LogP contribution in [0.15, 0.2) is 48.0 Å². The minimum absolute atomic E-state index is 0.0257. The molecule has 3 fully saturated rings. The third kappa shape index (κ3) is 16.1. The van der Waals surface area contributed by atoms with E-state index in [9.17, 15) is 38.7 Å². The molecular weight excluding hydrogens is 1000 g/mol. The molecule has 3 aliphatic heterocycles. The molecule has 4 heterocycles. The van der Waals surface area contributed by atoms with Crippen molar-refractivity contribution in [2.45, 2.75) is 193 Å². The van der Waals surface area contributed by atoms with E-state index in [1.807, 2.05) is 65.0 Å². The number of aromatic nitrogens is 1. The number of nitrogens with two attached hydrogens (primary N) is 1. The Hall–Kier alpha value is -5.79. The lowest BCUT2D eigenvalue weighted by molar-refractivity contribution is -0.144. The molecule has 0 aliphatic carbocycles. The molecule has 1 aromatic heterocycles. The zero-order valence-corrected chi connectivity index (χ0v) is 46.2. The molecule has 0 unspecified atom stereocenters. The molecule has 3 aromatic rings. The van der Waals surface area contributed by atoms with Gasteiger partial charge < -0.3 is 51.4 Å². The summed E-state index contributed by atoms with van der Waals surface area (Å²) in [5, 5.41) is 22.8. The van der Waals surface area contributed by atoms with Crippen molar-refractivity contribution in [1.29, 1.82) is 0 Å². The molecule has 20 heteroatoms. The zero-order valence-electron chi connectivity index (χ0n) is 44.7. The molecule has 410 valence electrons. The number of aliphatic hydroxyl groups excluding tert-OH is 1. The van der Waals surface area contributed by atoms with Crippen molar-refractivity contribution < 1.29 is 48.1 Å². The van der Waals surface area contributed by atoms with Gasteiger partial charge >= 0.3 is 6.09 Å². The minimum atomic E-state index is -0.970. The molecule has 7 amide bonds. The number of fused-ring (bicyclic) bond motifs is 1. The second-order valence-corrected chi connectivity index (χ2v) is 23.5. The molecule has 3 aliphatic rings. The molecule has 3 saturated heterocycles. The van der Waals surface area contributed by atoms with Crippen LogP contribution >= 0.6 is 22.9 Å². The van der Waals surface area contributed by atoms with Gasteiger partial charge in [-0.05, 0) is 114 Å². The van der Waals surface area contributed by atoms with Crippen molar-refractivity contribution in [3.8, 4) is 16.2 Å². The number of likely N-dealkylation sites (tertiary alicyclic amines) is 1. The van der Waals surface area contributed by atoms with Gasteiger partial charge in [-0.15, -0.1) is 11.3 Å². The summed E-state index contributed by atoms with van der Waals surface area (Å²) in [4.78, 5) is 103. The van der Waals surface area contributed by atoms with Crippen molar-refractivity contribution in [1.82, 2.24) is 36.1 Å². The summed E-state index contributed by atoms with van der Waals surface area (Å²) < 4.78 is 11.6. The number of benzene rings is 2. The number of unbranched alkanes of at least 4 members (excludes halogenated alkanes) is 1. The second-order valence-electron chi connectivity index (χ2n) is 22.3. The van der Waals surface area contributed by atoms with Gasteiger partial charge in [0.1, 0.15) is 42.1 Å². The Kier molecular flexibility index (Phi) is 20.1. The van der Waals surface area contributed by atoms with E-state index in [1.165, 1.54) is 4.90 Å². The number of nitrogens with one attached hydrogen (secondary N) is 4. The molecule has 0 radical (unpaired) electrons. The van der Waals surface area contributed by atoms with Gasteiger partial charge in [-0.25, -0.2) is 9.78 Å². The first-order valence-electron chi connectivity index (χ1n) is 26.3. The van der Waals surface area contributed by atoms with Crippen molar-refractivity contribution in [2.75, 3.05) is 13.2 Å². The summed E-state index contributed by atoms with van der Waals surface area (Å²) in [6.45, 7) is 14.5. The fourth-order valence-corrected chi connectivity index (χ4v) is 11.2. The average Bonchev–Trinajstić information content (AvgIpc) is 4.08. The van der Waals surface area contributed by atoms with Gasteiger partial charge in [0.25, 0.3) is 0 Å². The van der Waals surface area contributed by atoms with Crippen molar-refractivity contribution in [3.63, 3.8) is 0 Å². The smallest absolute Gasteiger partial charge is 0.408 e. The number of ether oxygens (including phenoxy) is 2. The molecule has 7 N–H and O–H groups in total. The number of carbonyl (C=O) groups is 7. The number of alkyl carbamates (subject to hydrolysis) is 1. The Morgan fingerprint density at radius 3 is 2.28 bits per heavy atom. The maximum atomic E-state index is 14.3. The Labute approximate surface area is 450 Å². The number of thiazole rings is 1. The SMILES string of the molecule is Cc1ncsc1-c1ccc([C@H](C)NC(=O)[C@@H]2C[C@@H](O)CN2C(=O)[C@@H](NC(=O)CCCCc2cccc(OC[C@H](CCC(N)=O)NC(=O)[C@@H]3CC[C@@H]4CCCC[C@H](NC(=O)OC(C)(C)C)C(=O)N43)c2Cl)C(C)(C)C)cc1. The van der Waals surface area contributed by atoms with Gasteiger partial charge in [0.05, 0.1) is 39.3 Å². The van der Waals surface area contributed by atoms with Crippen LogP contribution in [0.3, 0.4) is 0 Å². The Bertz CT molecular complexity index is 2510. The number of amides is 7. The number of aliphatic hydroxyl groups is 1. The maximum absolute atomic E-state index is 14.3. The third-order valence-electron chi connectivity index (χ3n) is 14.1. The second kappa shape index (κ2) is 25.8.